The summed E-state index contributed by atoms with van der Waals surface area (Å²) >= 11 is 0. The van der Waals surface area contributed by atoms with Gasteiger partial charge in [0, 0.05) is 36.4 Å². The number of nitrogens with zero attached hydrogens (tertiary/aromatic N) is 2. The average Bonchev–Trinajstić information content (AvgIpc) is 3.35. The van der Waals surface area contributed by atoms with Crippen molar-refractivity contribution in [2.75, 3.05) is 11.4 Å². The molecule has 0 fully saturated rings. The first-order valence-corrected chi connectivity index (χ1v) is 10.0. The zero-order valence-electron chi connectivity index (χ0n) is 16.1. The molecule has 3 aromatic carbocycles. The number of nitro groups is 1. The Morgan fingerprint density at radius 2 is 1.72 bits per heavy atom. The molecule has 3 aromatic rings. The van der Waals surface area contributed by atoms with Crippen LogP contribution >= 0.6 is 0 Å². The second-order valence-electron chi connectivity index (χ2n) is 7.74. The molecule has 1 N–H and O–H groups in total. The molecule has 0 bridgehead atoms. The minimum Gasteiger partial charge on any atom is -0.335 e. The van der Waals surface area contributed by atoms with Crippen molar-refractivity contribution in [2.45, 2.75) is 31.8 Å². The first-order valence-electron chi connectivity index (χ1n) is 10.0. The standard InChI is InChI=1S/C24H22N3O2/c28-27(29)24-20(16-25-21-14-18-7-1-2-8-19(18)15-21)9-5-11-23(24)26-13-12-17-6-3-4-10-22(17)26/h1-10,21,25H,12-16H2. The van der Waals surface area contributed by atoms with E-state index in [0.717, 1.165) is 31.5 Å². The summed E-state index contributed by atoms with van der Waals surface area (Å²) in [5.74, 6) is 0. The maximum atomic E-state index is 12.0. The van der Waals surface area contributed by atoms with E-state index in [4.69, 9.17) is 0 Å². The Labute approximate surface area is 170 Å². The highest BCUT2D eigenvalue weighted by atomic mass is 16.6. The van der Waals surface area contributed by atoms with Gasteiger partial charge in [0.25, 0.3) is 5.69 Å². The van der Waals surface area contributed by atoms with Crippen molar-refractivity contribution in [3.63, 3.8) is 0 Å². The summed E-state index contributed by atoms with van der Waals surface area (Å²) in [6.45, 7) is 1.22. The molecule has 1 aliphatic heterocycles. The summed E-state index contributed by atoms with van der Waals surface area (Å²) in [5.41, 5.74) is 6.45. The zero-order valence-corrected chi connectivity index (χ0v) is 16.1. The summed E-state index contributed by atoms with van der Waals surface area (Å²) in [4.78, 5) is 13.8. The molecule has 0 aromatic heterocycles. The van der Waals surface area contributed by atoms with E-state index in [0.29, 0.717) is 23.8 Å². The second-order valence-corrected chi connectivity index (χ2v) is 7.74. The summed E-state index contributed by atoms with van der Waals surface area (Å²) < 4.78 is 0. The highest BCUT2D eigenvalue weighted by molar-refractivity contribution is 5.77. The smallest absolute Gasteiger partial charge is 0.297 e. The Morgan fingerprint density at radius 3 is 2.45 bits per heavy atom. The molecule has 1 heterocycles. The van der Waals surface area contributed by atoms with Crippen LogP contribution in [0.4, 0.5) is 17.1 Å². The van der Waals surface area contributed by atoms with E-state index in [9.17, 15) is 10.1 Å². The van der Waals surface area contributed by atoms with Crippen LogP contribution in [0.3, 0.4) is 0 Å². The lowest BCUT2D eigenvalue weighted by Crippen LogP contribution is -2.29. The molecule has 5 heteroatoms. The van der Waals surface area contributed by atoms with Crippen molar-refractivity contribution in [3.05, 3.63) is 99.1 Å². The molecule has 0 saturated heterocycles. The van der Waals surface area contributed by atoms with E-state index in [-0.39, 0.29) is 10.6 Å². The predicted octanol–water partition coefficient (Wildman–Crippen LogP) is 4.35. The molecule has 1 aliphatic carbocycles. The van der Waals surface area contributed by atoms with Crippen LogP contribution in [-0.2, 0) is 25.8 Å². The molecule has 29 heavy (non-hydrogen) atoms. The van der Waals surface area contributed by atoms with Gasteiger partial charge in [-0.1, -0.05) is 54.6 Å². The number of nitro benzene ring substituents is 1. The minimum absolute atomic E-state index is 0.159. The van der Waals surface area contributed by atoms with Crippen LogP contribution in [0.2, 0.25) is 0 Å². The number of anilines is 2. The zero-order chi connectivity index (χ0) is 19.8. The van der Waals surface area contributed by atoms with Crippen molar-refractivity contribution in [3.8, 4) is 0 Å². The van der Waals surface area contributed by atoms with Gasteiger partial charge in [-0.2, -0.15) is 0 Å². The fourth-order valence-electron chi connectivity index (χ4n) is 4.60. The topological polar surface area (TPSA) is 58.4 Å². The van der Waals surface area contributed by atoms with Gasteiger partial charge < -0.3 is 10.2 Å². The van der Waals surface area contributed by atoms with Gasteiger partial charge in [-0.3, -0.25) is 10.1 Å². The summed E-state index contributed by atoms with van der Waals surface area (Å²) in [6, 6.07) is 23.7. The molecule has 0 saturated carbocycles. The number of hydrogen-bond acceptors (Lipinski definition) is 4. The molecule has 0 amide bonds. The van der Waals surface area contributed by atoms with Gasteiger partial charge in [-0.05, 0) is 42.0 Å². The Bertz CT molecular complexity index is 1050. The first-order chi connectivity index (χ1) is 14.2. The highest BCUT2D eigenvalue weighted by Gasteiger charge is 2.29. The van der Waals surface area contributed by atoms with Gasteiger partial charge in [0.15, 0.2) is 0 Å². The maximum absolute atomic E-state index is 12.0. The normalized spacial score (nSPS) is 15.4. The number of rotatable bonds is 5. The Hall–Kier alpha value is -3.18. The van der Waals surface area contributed by atoms with Crippen LogP contribution in [-0.4, -0.2) is 17.5 Å². The van der Waals surface area contributed by atoms with E-state index in [1.54, 1.807) is 0 Å². The largest absolute Gasteiger partial charge is 0.335 e. The van der Waals surface area contributed by atoms with Crippen LogP contribution in [0.15, 0.2) is 60.7 Å². The molecular weight excluding hydrogens is 362 g/mol. The van der Waals surface area contributed by atoms with Crippen LogP contribution in [0.1, 0.15) is 22.3 Å². The van der Waals surface area contributed by atoms with Crippen molar-refractivity contribution in [1.82, 2.24) is 5.32 Å². The molecular formula is C24H22N3O2. The van der Waals surface area contributed by atoms with Crippen LogP contribution in [0.5, 0.6) is 0 Å². The number of hydrogen-bond donors (Lipinski definition) is 1. The SMILES string of the molecule is O=[N+]([O-])c1c(N2CCc3ccccc32)[c]ccc1CNC1Cc2ccccc2C1. The Kier molecular flexibility index (Phi) is 4.52. The van der Waals surface area contributed by atoms with Crippen LogP contribution in [0, 0.1) is 16.2 Å². The molecule has 0 atom stereocenters. The molecule has 0 unspecified atom stereocenters. The fraction of sp³-hybridized carbons (Fsp3) is 0.250. The monoisotopic (exact) mass is 384 g/mol. The molecule has 5 nitrogen and oxygen atoms in total. The second kappa shape index (κ2) is 7.33. The molecule has 5 rings (SSSR count). The summed E-state index contributed by atoms with van der Waals surface area (Å²) in [6.07, 6.45) is 2.83. The minimum atomic E-state index is -0.257. The molecule has 2 aliphatic rings. The van der Waals surface area contributed by atoms with E-state index >= 15 is 0 Å². The van der Waals surface area contributed by atoms with Crippen molar-refractivity contribution >= 4 is 17.1 Å². The number of fused-ring (bicyclic) bond motifs is 2. The third-order valence-corrected chi connectivity index (χ3v) is 6.00. The molecule has 1 radical (unpaired) electrons. The van der Waals surface area contributed by atoms with E-state index in [1.807, 2.05) is 35.2 Å². The first kappa shape index (κ1) is 17.9. The van der Waals surface area contributed by atoms with Gasteiger partial charge in [-0.15, -0.1) is 0 Å². The maximum Gasteiger partial charge on any atom is 0.297 e. The average molecular weight is 384 g/mol. The highest BCUT2D eigenvalue weighted by Crippen LogP contribution is 2.40. The summed E-state index contributed by atoms with van der Waals surface area (Å²) in [7, 11) is 0. The molecule has 0 spiro atoms. The van der Waals surface area contributed by atoms with Crippen molar-refractivity contribution < 1.29 is 4.92 Å². The number of benzene rings is 3. The van der Waals surface area contributed by atoms with Gasteiger partial charge in [0.1, 0.15) is 5.69 Å². The quantitative estimate of drug-likeness (QED) is 0.525. The van der Waals surface area contributed by atoms with Crippen LogP contribution in [0.25, 0.3) is 0 Å². The van der Waals surface area contributed by atoms with Crippen LogP contribution < -0.4 is 10.2 Å². The Morgan fingerprint density at radius 1 is 1.03 bits per heavy atom. The lowest BCUT2D eigenvalue weighted by atomic mass is 10.1. The van der Waals surface area contributed by atoms with Crippen molar-refractivity contribution in [1.29, 1.82) is 0 Å². The number of nitrogens with one attached hydrogen (secondary N) is 1. The summed E-state index contributed by atoms with van der Waals surface area (Å²) in [5, 5.41) is 15.6. The third kappa shape index (κ3) is 3.28. The van der Waals surface area contributed by atoms with Gasteiger partial charge in [0.2, 0.25) is 0 Å². The molecule has 145 valence electrons. The fourth-order valence-corrected chi connectivity index (χ4v) is 4.60. The van der Waals surface area contributed by atoms with Crippen molar-refractivity contribution in [2.24, 2.45) is 0 Å². The van der Waals surface area contributed by atoms with Gasteiger partial charge >= 0.3 is 0 Å². The lowest BCUT2D eigenvalue weighted by molar-refractivity contribution is -0.384. The van der Waals surface area contributed by atoms with E-state index in [1.165, 1.54) is 16.7 Å². The third-order valence-electron chi connectivity index (χ3n) is 6.00. The Balaban J connectivity index is 1.40. The predicted molar refractivity (Wildman–Crippen MR) is 114 cm³/mol. The lowest BCUT2D eigenvalue weighted by Gasteiger charge is -2.21. The van der Waals surface area contributed by atoms with Gasteiger partial charge in [-0.25, -0.2) is 0 Å². The number of para-hydroxylation sites is 1. The van der Waals surface area contributed by atoms with E-state index < -0.39 is 0 Å². The van der Waals surface area contributed by atoms with E-state index in [2.05, 4.69) is 41.7 Å². The van der Waals surface area contributed by atoms with Gasteiger partial charge in [0.05, 0.1) is 4.92 Å².